The van der Waals surface area contributed by atoms with Crippen LogP contribution >= 0.6 is 0 Å². The number of hydrogen-bond acceptors (Lipinski definition) is 2. The molecule has 2 nitrogen and oxygen atoms in total. The van der Waals surface area contributed by atoms with Crippen LogP contribution in [-0.4, -0.2) is 17.5 Å². The Balaban J connectivity index is 1.68. The van der Waals surface area contributed by atoms with E-state index in [2.05, 4.69) is 26.0 Å². The van der Waals surface area contributed by atoms with Crippen LogP contribution in [0.5, 0.6) is 0 Å². The first-order valence-electron chi connectivity index (χ1n) is 9.53. The van der Waals surface area contributed by atoms with E-state index in [0.717, 1.165) is 25.2 Å². The molecular weight excluding hydrogens is 284 g/mol. The summed E-state index contributed by atoms with van der Waals surface area (Å²) in [7, 11) is 0. The Kier molecular flexibility index (Phi) is 3.61. The average molecular weight is 314 g/mol. The van der Waals surface area contributed by atoms with E-state index in [9.17, 15) is 9.90 Å². The normalized spacial score (nSPS) is 48.5. The molecule has 2 fully saturated rings. The number of carbonyl (C=O) groups excluding carboxylic acids is 1. The fourth-order valence-electron chi connectivity index (χ4n) is 6.74. The van der Waals surface area contributed by atoms with E-state index >= 15 is 0 Å². The molecule has 0 saturated heterocycles. The quantitative estimate of drug-likeness (QED) is 0.825. The number of carbonyl (C=O) groups is 1. The summed E-state index contributed by atoms with van der Waals surface area (Å²) in [5, 5.41) is 9.43. The number of fused-ring (bicyclic) bond motifs is 5. The summed E-state index contributed by atoms with van der Waals surface area (Å²) in [6, 6.07) is 0. The van der Waals surface area contributed by atoms with Crippen molar-refractivity contribution < 1.29 is 9.90 Å². The fourth-order valence-corrected chi connectivity index (χ4v) is 6.74. The second kappa shape index (κ2) is 5.31. The lowest BCUT2D eigenvalue weighted by Gasteiger charge is -2.56. The number of aliphatic hydroxyl groups excluding tert-OH is 1. The third kappa shape index (κ3) is 2.13. The lowest BCUT2D eigenvalue weighted by molar-refractivity contribution is -0.116. The van der Waals surface area contributed by atoms with Crippen molar-refractivity contribution in [3.63, 3.8) is 0 Å². The van der Waals surface area contributed by atoms with Crippen molar-refractivity contribution in [1.29, 1.82) is 0 Å². The monoisotopic (exact) mass is 314 g/mol. The minimum atomic E-state index is 0.212. The van der Waals surface area contributed by atoms with Gasteiger partial charge in [-0.1, -0.05) is 26.0 Å². The number of ketones is 1. The van der Waals surface area contributed by atoms with Crippen molar-refractivity contribution in [1.82, 2.24) is 0 Å². The number of allylic oxidation sites excluding steroid dienone is 4. The van der Waals surface area contributed by atoms with Gasteiger partial charge in [0.05, 0.1) is 0 Å². The van der Waals surface area contributed by atoms with Crippen LogP contribution < -0.4 is 0 Å². The first-order valence-corrected chi connectivity index (χ1v) is 9.53. The SMILES string of the molecule is CC12CCC(=O)C=C1C=CC1C2CC[C@]2(C)C(CCO)CCC12. The van der Waals surface area contributed by atoms with Gasteiger partial charge >= 0.3 is 0 Å². The van der Waals surface area contributed by atoms with Crippen molar-refractivity contribution in [2.45, 2.75) is 58.8 Å². The zero-order valence-corrected chi connectivity index (χ0v) is 14.6. The Morgan fingerprint density at radius 3 is 2.78 bits per heavy atom. The number of rotatable bonds is 2. The molecule has 4 aliphatic rings. The molecule has 0 aliphatic heterocycles. The Labute approximate surface area is 140 Å². The molecule has 0 spiro atoms. The predicted molar refractivity (Wildman–Crippen MR) is 91.8 cm³/mol. The summed E-state index contributed by atoms with van der Waals surface area (Å²) < 4.78 is 0. The van der Waals surface area contributed by atoms with Gasteiger partial charge in [0.2, 0.25) is 0 Å². The van der Waals surface area contributed by atoms with Crippen LogP contribution in [0.25, 0.3) is 0 Å². The van der Waals surface area contributed by atoms with Crippen molar-refractivity contribution in [2.24, 2.45) is 34.5 Å². The zero-order chi connectivity index (χ0) is 16.2. The van der Waals surface area contributed by atoms with Gasteiger partial charge in [-0.05, 0) is 84.7 Å². The van der Waals surface area contributed by atoms with Crippen LogP contribution in [0.2, 0.25) is 0 Å². The number of aliphatic hydroxyl groups is 1. The van der Waals surface area contributed by atoms with E-state index in [0.29, 0.717) is 35.6 Å². The van der Waals surface area contributed by atoms with Crippen molar-refractivity contribution >= 4 is 5.78 Å². The predicted octanol–water partition coefficient (Wildman–Crippen LogP) is 4.29. The molecule has 0 bridgehead atoms. The highest BCUT2D eigenvalue weighted by Gasteiger charge is 2.57. The lowest BCUT2D eigenvalue weighted by Crippen LogP contribution is -2.48. The Morgan fingerprint density at radius 2 is 2.00 bits per heavy atom. The maximum atomic E-state index is 11.8. The Morgan fingerprint density at radius 1 is 1.17 bits per heavy atom. The highest BCUT2D eigenvalue weighted by atomic mass is 16.3. The van der Waals surface area contributed by atoms with Gasteiger partial charge in [0.15, 0.2) is 5.78 Å². The Hall–Kier alpha value is -0.890. The second-order valence-corrected chi connectivity index (χ2v) is 8.96. The van der Waals surface area contributed by atoms with Gasteiger partial charge in [-0.25, -0.2) is 0 Å². The maximum Gasteiger partial charge on any atom is 0.156 e. The zero-order valence-electron chi connectivity index (χ0n) is 14.6. The van der Waals surface area contributed by atoms with Crippen LogP contribution in [0.15, 0.2) is 23.8 Å². The molecule has 4 aliphatic carbocycles. The average Bonchev–Trinajstić information content (AvgIpc) is 2.85. The molecule has 0 radical (unpaired) electrons. The lowest BCUT2D eigenvalue weighted by atomic mass is 9.48. The minimum Gasteiger partial charge on any atom is -0.396 e. The third-order valence-electron chi connectivity index (χ3n) is 8.19. The molecule has 0 aromatic rings. The van der Waals surface area contributed by atoms with Crippen LogP contribution in [0, 0.1) is 34.5 Å². The van der Waals surface area contributed by atoms with Crippen LogP contribution in [-0.2, 0) is 4.79 Å². The van der Waals surface area contributed by atoms with Gasteiger partial charge in [0.1, 0.15) is 0 Å². The molecule has 5 unspecified atom stereocenters. The molecule has 4 rings (SSSR count). The first-order chi connectivity index (χ1) is 11.0. The molecule has 6 atom stereocenters. The first kappa shape index (κ1) is 15.6. The van der Waals surface area contributed by atoms with Crippen molar-refractivity contribution in [3.8, 4) is 0 Å². The minimum absolute atomic E-state index is 0.212. The van der Waals surface area contributed by atoms with Crippen LogP contribution in [0.1, 0.15) is 58.8 Å². The third-order valence-corrected chi connectivity index (χ3v) is 8.19. The molecule has 0 amide bonds. The van der Waals surface area contributed by atoms with E-state index < -0.39 is 0 Å². The molecule has 23 heavy (non-hydrogen) atoms. The molecule has 1 N–H and O–H groups in total. The van der Waals surface area contributed by atoms with Gasteiger partial charge in [-0.2, -0.15) is 0 Å². The molecule has 0 heterocycles. The fraction of sp³-hybridized carbons (Fsp3) is 0.762. The van der Waals surface area contributed by atoms with Crippen LogP contribution in [0.3, 0.4) is 0 Å². The summed E-state index contributed by atoms with van der Waals surface area (Å²) in [6.07, 6.45) is 14.6. The molecule has 2 saturated carbocycles. The van der Waals surface area contributed by atoms with E-state index in [4.69, 9.17) is 0 Å². The Bertz CT molecular complexity index is 574. The smallest absolute Gasteiger partial charge is 0.156 e. The van der Waals surface area contributed by atoms with E-state index in [1.54, 1.807) is 0 Å². The molecule has 126 valence electrons. The van der Waals surface area contributed by atoms with E-state index in [1.165, 1.54) is 31.3 Å². The summed E-state index contributed by atoms with van der Waals surface area (Å²) in [4.78, 5) is 11.8. The summed E-state index contributed by atoms with van der Waals surface area (Å²) >= 11 is 0. The van der Waals surface area contributed by atoms with Crippen molar-refractivity contribution in [3.05, 3.63) is 23.8 Å². The maximum absolute atomic E-state index is 11.8. The molecule has 0 aromatic heterocycles. The highest BCUT2D eigenvalue weighted by Crippen LogP contribution is 2.65. The molecular formula is C21H30O2. The van der Waals surface area contributed by atoms with Gasteiger partial charge in [0, 0.05) is 13.0 Å². The van der Waals surface area contributed by atoms with Gasteiger partial charge < -0.3 is 5.11 Å². The largest absolute Gasteiger partial charge is 0.396 e. The molecule has 0 aromatic carbocycles. The summed E-state index contributed by atoms with van der Waals surface area (Å²) in [6.45, 7) is 5.24. The summed E-state index contributed by atoms with van der Waals surface area (Å²) in [5.74, 6) is 3.16. The number of hydrogen-bond donors (Lipinski definition) is 1. The van der Waals surface area contributed by atoms with E-state index in [-0.39, 0.29) is 5.41 Å². The second-order valence-electron chi connectivity index (χ2n) is 8.96. The highest BCUT2D eigenvalue weighted by molar-refractivity contribution is 5.92. The van der Waals surface area contributed by atoms with E-state index in [1.807, 2.05) is 6.08 Å². The van der Waals surface area contributed by atoms with Gasteiger partial charge in [-0.3, -0.25) is 4.79 Å². The van der Waals surface area contributed by atoms with Gasteiger partial charge in [0.25, 0.3) is 0 Å². The molecule has 2 heteroatoms. The van der Waals surface area contributed by atoms with Crippen LogP contribution in [0.4, 0.5) is 0 Å². The standard InChI is InChI=1S/C21H30O2/c1-20-11-8-19-17(18(20)6-4-14(20)9-12-22)5-3-15-13-16(23)7-10-21(15,19)2/h3,5,13-14,17-19,22H,4,6-12H2,1-2H3/t14?,17?,18?,19?,20-,21?/m1/s1. The van der Waals surface area contributed by atoms with Gasteiger partial charge in [-0.15, -0.1) is 0 Å². The summed E-state index contributed by atoms with van der Waals surface area (Å²) in [5.41, 5.74) is 1.92. The topological polar surface area (TPSA) is 37.3 Å². The van der Waals surface area contributed by atoms with Crippen molar-refractivity contribution in [2.75, 3.05) is 6.61 Å².